The number of hydrogen-bond acceptors (Lipinski definition) is 4. The maximum atomic E-state index is 11.8. The van der Waals surface area contributed by atoms with E-state index in [9.17, 15) is 4.79 Å². The monoisotopic (exact) mass is 294 g/mol. The Hall–Kier alpha value is -1.59. The summed E-state index contributed by atoms with van der Waals surface area (Å²) in [6.45, 7) is 9.71. The number of hydrogen-bond donors (Lipinski definition) is 2. The number of methoxy groups -OCH3 is 1. The number of aryl methyl sites for hydroxylation is 1. The van der Waals surface area contributed by atoms with E-state index in [0.717, 1.165) is 11.1 Å². The maximum absolute atomic E-state index is 11.8. The fourth-order valence-electron chi connectivity index (χ4n) is 1.87. The predicted octanol–water partition coefficient (Wildman–Crippen LogP) is 3.16. The first-order valence-electron chi connectivity index (χ1n) is 6.97. The predicted molar refractivity (Wildman–Crippen MR) is 84.5 cm³/mol. The van der Waals surface area contributed by atoms with Crippen LogP contribution in [0.25, 0.3) is 0 Å². The number of carbonyl (C=O) groups is 1. The van der Waals surface area contributed by atoms with Crippen LogP contribution in [0.5, 0.6) is 0 Å². The third-order valence-electron chi connectivity index (χ3n) is 3.31. The second-order valence-electron chi connectivity index (χ2n) is 6.30. The normalized spacial score (nSPS) is 14.4. The van der Waals surface area contributed by atoms with Crippen molar-refractivity contribution in [2.75, 3.05) is 19.0 Å². The molecule has 0 heterocycles. The van der Waals surface area contributed by atoms with Gasteiger partial charge in [0.25, 0.3) is 0 Å². The molecule has 21 heavy (non-hydrogen) atoms. The lowest BCUT2D eigenvalue weighted by molar-refractivity contribution is 0.0100. The van der Waals surface area contributed by atoms with E-state index >= 15 is 0 Å². The highest BCUT2D eigenvalue weighted by molar-refractivity contribution is 5.86. The van der Waals surface area contributed by atoms with Gasteiger partial charge in [0.2, 0.25) is 0 Å². The van der Waals surface area contributed by atoms with Crippen LogP contribution in [0, 0.1) is 6.92 Å². The van der Waals surface area contributed by atoms with Crippen LogP contribution in [0.2, 0.25) is 0 Å². The molecule has 1 unspecified atom stereocenters. The minimum absolute atomic E-state index is 0.377. The second-order valence-corrected chi connectivity index (χ2v) is 6.30. The lowest BCUT2D eigenvalue weighted by atomic mass is 9.94. The molecule has 118 valence electrons. The van der Waals surface area contributed by atoms with E-state index in [0.29, 0.717) is 12.2 Å². The van der Waals surface area contributed by atoms with Crippen molar-refractivity contribution in [1.82, 2.24) is 0 Å². The lowest BCUT2D eigenvalue weighted by Gasteiger charge is -2.27. The summed E-state index contributed by atoms with van der Waals surface area (Å²) < 4.78 is 10.7. The van der Waals surface area contributed by atoms with E-state index in [1.54, 1.807) is 7.11 Å². The summed E-state index contributed by atoms with van der Waals surface area (Å²) >= 11 is 0. The number of nitrogens with two attached hydrogens (primary N) is 1. The van der Waals surface area contributed by atoms with Gasteiger partial charge in [0, 0.05) is 19.3 Å². The third-order valence-corrected chi connectivity index (χ3v) is 3.31. The average molecular weight is 294 g/mol. The molecule has 0 spiro atoms. The van der Waals surface area contributed by atoms with Gasteiger partial charge < -0.3 is 15.2 Å². The Kier molecular flexibility index (Phi) is 5.36. The Balaban J connectivity index is 2.91. The number of amides is 1. The molecule has 0 aliphatic rings. The number of anilines is 1. The van der Waals surface area contributed by atoms with Crippen molar-refractivity contribution in [2.24, 2.45) is 5.73 Å². The van der Waals surface area contributed by atoms with E-state index in [4.69, 9.17) is 15.2 Å². The largest absolute Gasteiger partial charge is 0.444 e. The summed E-state index contributed by atoms with van der Waals surface area (Å²) in [4.78, 5) is 11.8. The standard InChI is InChI=1S/C16H26N2O3/c1-11-9-12(16(5,10-17)20-6)7-8-13(11)18-14(19)21-15(2,3)4/h7-9H,10,17H2,1-6H3,(H,18,19). The summed E-state index contributed by atoms with van der Waals surface area (Å²) in [5, 5.41) is 2.75. The van der Waals surface area contributed by atoms with Gasteiger partial charge >= 0.3 is 6.09 Å². The molecule has 0 bridgehead atoms. The van der Waals surface area contributed by atoms with Crippen LogP contribution in [0.1, 0.15) is 38.8 Å². The molecule has 5 heteroatoms. The highest BCUT2D eigenvalue weighted by Crippen LogP contribution is 2.27. The van der Waals surface area contributed by atoms with Gasteiger partial charge in [-0.15, -0.1) is 0 Å². The Morgan fingerprint density at radius 2 is 1.90 bits per heavy atom. The smallest absolute Gasteiger partial charge is 0.412 e. The topological polar surface area (TPSA) is 73.6 Å². The first-order chi connectivity index (χ1) is 9.61. The maximum Gasteiger partial charge on any atom is 0.412 e. The third kappa shape index (κ3) is 4.72. The number of carbonyl (C=O) groups excluding carboxylic acids is 1. The molecular formula is C16H26N2O3. The Labute approximate surface area is 126 Å². The van der Waals surface area contributed by atoms with Crippen LogP contribution in [0.4, 0.5) is 10.5 Å². The van der Waals surface area contributed by atoms with Crippen molar-refractivity contribution < 1.29 is 14.3 Å². The summed E-state index contributed by atoms with van der Waals surface area (Å²) in [7, 11) is 1.63. The Morgan fingerprint density at radius 3 is 2.33 bits per heavy atom. The van der Waals surface area contributed by atoms with E-state index in [-0.39, 0.29) is 0 Å². The minimum atomic E-state index is -0.533. The molecule has 0 saturated heterocycles. The van der Waals surface area contributed by atoms with Crippen LogP contribution in [-0.4, -0.2) is 25.3 Å². The molecule has 0 aliphatic carbocycles. The van der Waals surface area contributed by atoms with Gasteiger partial charge in [-0.25, -0.2) is 4.79 Å². The zero-order valence-corrected chi connectivity index (χ0v) is 13.7. The van der Waals surface area contributed by atoms with Crippen molar-refractivity contribution in [3.63, 3.8) is 0 Å². The van der Waals surface area contributed by atoms with Crippen molar-refractivity contribution in [3.05, 3.63) is 29.3 Å². The molecule has 1 atom stereocenters. The van der Waals surface area contributed by atoms with E-state index in [1.165, 1.54) is 0 Å². The van der Waals surface area contributed by atoms with Crippen molar-refractivity contribution >= 4 is 11.8 Å². The lowest BCUT2D eigenvalue weighted by Crippen LogP contribution is -2.33. The van der Waals surface area contributed by atoms with Crippen LogP contribution in [-0.2, 0) is 15.1 Å². The SMILES string of the molecule is COC(C)(CN)c1ccc(NC(=O)OC(C)(C)C)c(C)c1. The zero-order valence-electron chi connectivity index (χ0n) is 13.7. The average Bonchev–Trinajstić information content (AvgIpc) is 2.38. The number of nitrogens with one attached hydrogen (secondary N) is 1. The fourth-order valence-corrected chi connectivity index (χ4v) is 1.87. The molecule has 5 nitrogen and oxygen atoms in total. The molecule has 0 aliphatic heterocycles. The van der Waals surface area contributed by atoms with Gasteiger partial charge in [-0.3, -0.25) is 5.32 Å². The number of rotatable bonds is 4. The van der Waals surface area contributed by atoms with Gasteiger partial charge in [-0.05, 0) is 51.8 Å². The number of benzene rings is 1. The minimum Gasteiger partial charge on any atom is -0.444 e. The molecule has 0 aromatic heterocycles. The zero-order chi connectivity index (χ0) is 16.3. The molecule has 0 radical (unpaired) electrons. The van der Waals surface area contributed by atoms with Crippen molar-refractivity contribution in [2.45, 2.75) is 45.8 Å². The first-order valence-corrected chi connectivity index (χ1v) is 6.97. The van der Waals surface area contributed by atoms with Gasteiger partial charge in [0.05, 0.1) is 0 Å². The summed E-state index contributed by atoms with van der Waals surface area (Å²) in [5.74, 6) is 0. The molecule has 0 fully saturated rings. The van der Waals surface area contributed by atoms with Crippen LogP contribution in [0.3, 0.4) is 0 Å². The molecule has 1 rings (SSSR count). The molecule has 0 saturated carbocycles. The van der Waals surface area contributed by atoms with E-state index in [2.05, 4.69) is 5.32 Å². The molecule has 3 N–H and O–H groups in total. The number of ether oxygens (including phenoxy) is 2. The van der Waals surface area contributed by atoms with E-state index in [1.807, 2.05) is 52.8 Å². The Bertz CT molecular complexity index is 503. The highest BCUT2D eigenvalue weighted by Gasteiger charge is 2.25. The second kappa shape index (κ2) is 6.45. The quantitative estimate of drug-likeness (QED) is 0.894. The molecule has 1 aromatic carbocycles. The van der Waals surface area contributed by atoms with Gasteiger partial charge in [-0.2, -0.15) is 0 Å². The highest BCUT2D eigenvalue weighted by atomic mass is 16.6. The van der Waals surface area contributed by atoms with E-state index < -0.39 is 17.3 Å². The summed E-state index contributed by atoms with van der Waals surface area (Å²) in [5.41, 5.74) is 7.33. The fraction of sp³-hybridized carbons (Fsp3) is 0.562. The van der Waals surface area contributed by atoms with Crippen LogP contribution >= 0.6 is 0 Å². The van der Waals surface area contributed by atoms with Crippen molar-refractivity contribution in [1.29, 1.82) is 0 Å². The van der Waals surface area contributed by atoms with Gasteiger partial charge in [-0.1, -0.05) is 12.1 Å². The van der Waals surface area contributed by atoms with Crippen molar-refractivity contribution in [3.8, 4) is 0 Å². The van der Waals surface area contributed by atoms with Crippen LogP contribution < -0.4 is 11.1 Å². The molecular weight excluding hydrogens is 268 g/mol. The molecule has 1 amide bonds. The first kappa shape index (κ1) is 17.5. The Morgan fingerprint density at radius 1 is 1.29 bits per heavy atom. The summed E-state index contributed by atoms with van der Waals surface area (Å²) in [6, 6.07) is 5.70. The van der Waals surface area contributed by atoms with Crippen LogP contribution in [0.15, 0.2) is 18.2 Å². The van der Waals surface area contributed by atoms with Gasteiger partial charge in [0.1, 0.15) is 11.2 Å². The van der Waals surface area contributed by atoms with Gasteiger partial charge in [0.15, 0.2) is 0 Å². The summed E-state index contributed by atoms with van der Waals surface area (Å²) in [6.07, 6.45) is -0.466. The molecule has 1 aromatic rings.